The summed E-state index contributed by atoms with van der Waals surface area (Å²) < 4.78 is 10.5. The van der Waals surface area contributed by atoms with E-state index in [9.17, 15) is 4.79 Å². The molecule has 0 bridgehead atoms. The molecule has 0 radical (unpaired) electrons. The molecule has 0 aliphatic heterocycles. The summed E-state index contributed by atoms with van der Waals surface area (Å²) in [7, 11) is 1.60. The molecule has 0 atom stereocenters. The molecule has 0 saturated carbocycles. The van der Waals surface area contributed by atoms with Gasteiger partial charge in [-0.25, -0.2) is 9.97 Å². The lowest BCUT2D eigenvalue weighted by Gasteiger charge is -2.11. The predicted octanol–water partition coefficient (Wildman–Crippen LogP) is 4.53. The molecule has 0 unspecified atom stereocenters. The Kier molecular flexibility index (Phi) is 6.81. The van der Waals surface area contributed by atoms with Gasteiger partial charge in [-0.1, -0.05) is 36.0 Å². The van der Waals surface area contributed by atoms with E-state index < -0.39 is 0 Å². The summed E-state index contributed by atoms with van der Waals surface area (Å²) in [6, 6.07) is 19.0. The summed E-state index contributed by atoms with van der Waals surface area (Å²) >= 11 is 1.63. The highest BCUT2D eigenvalue weighted by Crippen LogP contribution is 2.24. The van der Waals surface area contributed by atoms with Crippen molar-refractivity contribution in [2.45, 2.75) is 10.9 Å². The van der Waals surface area contributed by atoms with Crippen LogP contribution in [0.2, 0.25) is 0 Å². The van der Waals surface area contributed by atoms with E-state index in [1.807, 2.05) is 48.5 Å². The fourth-order valence-corrected chi connectivity index (χ4v) is 3.76. The predicted molar refractivity (Wildman–Crippen MR) is 122 cm³/mol. The van der Waals surface area contributed by atoms with E-state index in [0.717, 1.165) is 27.5 Å². The minimum absolute atomic E-state index is 0.221. The van der Waals surface area contributed by atoms with E-state index in [1.165, 1.54) is 0 Å². The molecule has 0 spiro atoms. The number of aromatic nitrogens is 3. The van der Waals surface area contributed by atoms with Crippen molar-refractivity contribution in [3.05, 3.63) is 78.0 Å². The van der Waals surface area contributed by atoms with Gasteiger partial charge in [0.25, 0.3) is 5.91 Å². The first-order valence-corrected chi connectivity index (χ1v) is 10.8. The molecule has 4 rings (SSSR count). The summed E-state index contributed by atoms with van der Waals surface area (Å²) in [4.78, 5) is 24.7. The van der Waals surface area contributed by atoms with Crippen molar-refractivity contribution in [3.8, 4) is 5.88 Å². The van der Waals surface area contributed by atoms with Crippen LogP contribution in [0.4, 0.5) is 5.69 Å². The maximum atomic E-state index is 12.6. The number of amides is 1. The number of nitrogens with zero attached hydrogens (tertiary/aromatic N) is 2. The molecule has 0 aliphatic rings. The number of benzene rings is 2. The van der Waals surface area contributed by atoms with Gasteiger partial charge >= 0.3 is 0 Å². The van der Waals surface area contributed by atoms with Crippen molar-refractivity contribution >= 4 is 34.4 Å². The third-order valence-corrected chi connectivity index (χ3v) is 5.45. The van der Waals surface area contributed by atoms with Crippen molar-refractivity contribution in [1.29, 1.82) is 0 Å². The van der Waals surface area contributed by atoms with Gasteiger partial charge in [0.1, 0.15) is 12.3 Å². The number of rotatable bonds is 9. The highest BCUT2D eigenvalue weighted by molar-refractivity contribution is 7.98. The van der Waals surface area contributed by atoms with Crippen LogP contribution in [0.1, 0.15) is 15.9 Å². The van der Waals surface area contributed by atoms with E-state index in [4.69, 9.17) is 9.47 Å². The highest BCUT2D eigenvalue weighted by atomic mass is 32.2. The molecule has 31 heavy (non-hydrogen) atoms. The number of carbonyl (C=O) groups is 1. The number of nitrogens with one attached hydrogen (secondary N) is 2. The number of imidazole rings is 1. The maximum Gasteiger partial charge on any atom is 0.255 e. The summed E-state index contributed by atoms with van der Waals surface area (Å²) in [5, 5.41) is 3.73. The molecule has 2 heterocycles. The lowest BCUT2D eigenvalue weighted by molar-refractivity contribution is 0.102. The van der Waals surface area contributed by atoms with Crippen molar-refractivity contribution in [2.24, 2.45) is 0 Å². The number of para-hydroxylation sites is 2. The first-order chi connectivity index (χ1) is 15.2. The monoisotopic (exact) mass is 434 g/mol. The Morgan fingerprint density at radius 2 is 1.90 bits per heavy atom. The first-order valence-electron chi connectivity index (χ1n) is 9.77. The molecule has 2 aromatic heterocycles. The van der Waals surface area contributed by atoms with Crippen molar-refractivity contribution in [3.63, 3.8) is 0 Å². The number of methoxy groups -OCH3 is 1. The molecular formula is C23H22N4O3S. The number of aromatic amines is 1. The van der Waals surface area contributed by atoms with Gasteiger partial charge in [-0.2, -0.15) is 0 Å². The maximum absolute atomic E-state index is 12.6. The van der Waals surface area contributed by atoms with Crippen LogP contribution in [0, 0.1) is 0 Å². The molecular weight excluding hydrogens is 412 g/mol. The minimum Gasteiger partial charge on any atom is -0.474 e. The molecule has 0 fully saturated rings. The summed E-state index contributed by atoms with van der Waals surface area (Å²) in [5.74, 6) is 0.898. The zero-order valence-corrected chi connectivity index (χ0v) is 17.8. The average molecular weight is 435 g/mol. The zero-order chi connectivity index (χ0) is 21.5. The second-order valence-electron chi connectivity index (χ2n) is 6.70. The Bertz CT molecular complexity index is 1130. The number of hydrogen-bond donors (Lipinski definition) is 2. The van der Waals surface area contributed by atoms with Crippen molar-refractivity contribution < 1.29 is 14.3 Å². The van der Waals surface area contributed by atoms with Gasteiger partial charge in [0.05, 0.1) is 17.6 Å². The zero-order valence-electron chi connectivity index (χ0n) is 17.0. The van der Waals surface area contributed by atoms with Crippen LogP contribution in [0.25, 0.3) is 11.0 Å². The Balaban J connectivity index is 1.36. The molecule has 0 aliphatic carbocycles. The molecule has 4 aromatic rings. The van der Waals surface area contributed by atoms with E-state index in [2.05, 4.69) is 20.3 Å². The van der Waals surface area contributed by atoms with Gasteiger partial charge in [-0.3, -0.25) is 4.79 Å². The molecule has 158 valence electrons. The number of thioether (sulfide) groups is 1. The second kappa shape index (κ2) is 10.1. The van der Waals surface area contributed by atoms with Gasteiger partial charge in [0, 0.05) is 24.6 Å². The quantitative estimate of drug-likeness (QED) is 0.297. The Labute approximate surface area is 184 Å². The fourth-order valence-electron chi connectivity index (χ4n) is 2.92. The average Bonchev–Trinajstić information content (AvgIpc) is 3.22. The molecule has 0 saturated heterocycles. The van der Waals surface area contributed by atoms with Crippen LogP contribution in [-0.4, -0.2) is 41.2 Å². The third kappa shape index (κ3) is 5.42. The smallest absolute Gasteiger partial charge is 0.255 e. The SMILES string of the molecule is COCCOc1ncccc1NC(=O)c1ccc(CSc2nc3ccccc3[nH]2)cc1. The van der Waals surface area contributed by atoms with Gasteiger partial charge in [0.15, 0.2) is 5.16 Å². The third-order valence-electron chi connectivity index (χ3n) is 4.50. The van der Waals surface area contributed by atoms with Gasteiger partial charge < -0.3 is 19.8 Å². The molecule has 8 heteroatoms. The molecule has 1 amide bonds. The molecule has 2 aromatic carbocycles. The molecule has 2 N–H and O–H groups in total. The van der Waals surface area contributed by atoms with Crippen LogP contribution in [0.5, 0.6) is 5.88 Å². The standard InChI is InChI=1S/C23H22N4O3S/c1-29-13-14-30-22-20(7-4-12-24-22)25-21(28)17-10-8-16(9-11-17)15-31-23-26-18-5-2-3-6-19(18)27-23/h2-12H,13-15H2,1H3,(H,25,28)(H,26,27). The fraction of sp³-hybridized carbons (Fsp3) is 0.174. The Hall–Kier alpha value is -3.36. The van der Waals surface area contributed by atoms with Crippen LogP contribution < -0.4 is 10.1 Å². The van der Waals surface area contributed by atoms with Crippen LogP contribution in [0.15, 0.2) is 72.0 Å². The Morgan fingerprint density at radius 3 is 2.71 bits per heavy atom. The second-order valence-corrected chi connectivity index (χ2v) is 7.66. The first kappa shape index (κ1) is 20.9. The molecule has 7 nitrogen and oxygen atoms in total. The lowest BCUT2D eigenvalue weighted by atomic mass is 10.1. The largest absolute Gasteiger partial charge is 0.474 e. The van der Waals surface area contributed by atoms with Crippen molar-refractivity contribution in [1.82, 2.24) is 15.0 Å². The number of ether oxygens (including phenoxy) is 2. The van der Waals surface area contributed by atoms with Gasteiger partial charge in [-0.05, 0) is 42.0 Å². The number of anilines is 1. The van der Waals surface area contributed by atoms with Crippen LogP contribution >= 0.6 is 11.8 Å². The van der Waals surface area contributed by atoms with Gasteiger partial charge in [-0.15, -0.1) is 0 Å². The topological polar surface area (TPSA) is 89.1 Å². The van der Waals surface area contributed by atoms with E-state index in [1.54, 1.807) is 37.2 Å². The lowest BCUT2D eigenvalue weighted by Crippen LogP contribution is -2.14. The Morgan fingerprint density at radius 1 is 1.06 bits per heavy atom. The minimum atomic E-state index is -0.221. The summed E-state index contributed by atoms with van der Waals surface area (Å²) in [6.45, 7) is 0.797. The van der Waals surface area contributed by atoms with E-state index in [-0.39, 0.29) is 5.91 Å². The normalized spacial score (nSPS) is 10.9. The number of H-pyrrole nitrogens is 1. The van der Waals surface area contributed by atoms with E-state index in [0.29, 0.717) is 30.3 Å². The van der Waals surface area contributed by atoms with Crippen LogP contribution in [-0.2, 0) is 10.5 Å². The number of pyridine rings is 1. The van der Waals surface area contributed by atoms with Crippen molar-refractivity contribution in [2.75, 3.05) is 25.6 Å². The summed E-state index contributed by atoms with van der Waals surface area (Å²) in [6.07, 6.45) is 1.62. The van der Waals surface area contributed by atoms with Gasteiger partial charge in [0.2, 0.25) is 5.88 Å². The number of hydrogen-bond acceptors (Lipinski definition) is 6. The van der Waals surface area contributed by atoms with Crippen LogP contribution in [0.3, 0.4) is 0 Å². The summed E-state index contributed by atoms with van der Waals surface area (Å²) in [5.41, 5.74) is 4.17. The highest BCUT2D eigenvalue weighted by Gasteiger charge is 2.11. The number of carbonyl (C=O) groups excluding carboxylic acids is 1. The van der Waals surface area contributed by atoms with E-state index >= 15 is 0 Å². The number of fused-ring (bicyclic) bond motifs is 1.